The average molecular weight is 255 g/mol. The third kappa shape index (κ3) is 6.18. The van der Waals surface area contributed by atoms with Gasteiger partial charge in [-0.3, -0.25) is 9.59 Å². The Kier molecular flexibility index (Phi) is 7.67. The summed E-state index contributed by atoms with van der Waals surface area (Å²) in [6.07, 6.45) is 1.74. The lowest BCUT2D eigenvalue weighted by atomic mass is 10.3. The summed E-state index contributed by atoms with van der Waals surface area (Å²) in [6, 6.07) is 0. The van der Waals surface area contributed by atoms with E-state index in [1.165, 1.54) is 11.8 Å². The van der Waals surface area contributed by atoms with Crippen molar-refractivity contribution < 1.29 is 19.1 Å². The summed E-state index contributed by atoms with van der Waals surface area (Å²) in [7, 11) is 0. The second-order valence-corrected chi connectivity index (χ2v) is 4.12. The molecule has 0 aromatic heterocycles. The molecule has 1 amide bonds. The molecule has 0 unspecified atom stereocenters. The summed E-state index contributed by atoms with van der Waals surface area (Å²) in [5.41, 5.74) is 0.313. The quantitative estimate of drug-likeness (QED) is 0.373. The summed E-state index contributed by atoms with van der Waals surface area (Å²) in [4.78, 5) is 35.2. The summed E-state index contributed by atoms with van der Waals surface area (Å²) < 4.78 is 4.90. The van der Waals surface area contributed by atoms with Gasteiger partial charge in [0.25, 0.3) is 5.91 Å². The largest absolute Gasteiger partial charge is 0.460 e. The van der Waals surface area contributed by atoms with E-state index in [1.807, 2.05) is 6.92 Å². The van der Waals surface area contributed by atoms with Gasteiger partial charge < -0.3 is 9.64 Å². The summed E-state index contributed by atoms with van der Waals surface area (Å²) in [5, 5.41) is 0. The molecule has 102 valence electrons. The molecule has 0 aromatic rings. The molecule has 0 aliphatic heterocycles. The van der Waals surface area contributed by atoms with Gasteiger partial charge in [-0.2, -0.15) is 0 Å². The molecule has 18 heavy (non-hydrogen) atoms. The van der Waals surface area contributed by atoms with E-state index >= 15 is 0 Å². The highest BCUT2D eigenvalue weighted by molar-refractivity contribution is 6.35. The highest BCUT2D eigenvalue weighted by atomic mass is 16.5. The van der Waals surface area contributed by atoms with Gasteiger partial charge in [0.15, 0.2) is 0 Å². The van der Waals surface area contributed by atoms with E-state index in [-0.39, 0.29) is 13.2 Å². The summed E-state index contributed by atoms with van der Waals surface area (Å²) in [5.74, 6) is -1.52. The van der Waals surface area contributed by atoms with E-state index in [1.54, 1.807) is 6.92 Å². The van der Waals surface area contributed by atoms with Gasteiger partial charge in [-0.15, -0.1) is 0 Å². The smallest absolute Gasteiger partial charge is 0.333 e. The number of hydrogen-bond acceptors (Lipinski definition) is 4. The van der Waals surface area contributed by atoms with E-state index < -0.39 is 17.7 Å². The van der Waals surface area contributed by atoms with Crippen LogP contribution in [-0.2, 0) is 19.1 Å². The summed E-state index contributed by atoms with van der Waals surface area (Å²) in [6.45, 7) is 9.06. The first-order valence-electron chi connectivity index (χ1n) is 6.02. The summed E-state index contributed by atoms with van der Waals surface area (Å²) >= 11 is 0. The average Bonchev–Trinajstić information content (AvgIpc) is 2.31. The van der Waals surface area contributed by atoms with Crippen LogP contribution >= 0.6 is 0 Å². The molecule has 0 heterocycles. The standard InChI is InChI=1S/C13H21NO4/c1-5-6-7-14(12(16)11(4)15)8-9-18-13(17)10(2)3/h2,5-9H2,1,3-4H3. The Labute approximate surface area is 108 Å². The van der Waals surface area contributed by atoms with Crippen molar-refractivity contribution >= 4 is 17.7 Å². The van der Waals surface area contributed by atoms with E-state index in [0.717, 1.165) is 12.8 Å². The van der Waals surface area contributed by atoms with Gasteiger partial charge in [0.05, 0.1) is 6.54 Å². The molecule has 0 atom stereocenters. The van der Waals surface area contributed by atoms with Crippen LogP contribution in [0.3, 0.4) is 0 Å². The van der Waals surface area contributed by atoms with Crippen molar-refractivity contribution in [2.75, 3.05) is 19.7 Å². The van der Waals surface area contributed by atoms with Crippen LogP contribution in [-0.4, -0.2) is 42.3 Å². The van der Waals surface area contributed by atoms with Crippen LogP contribution in [0.15, 0.2) is 12.2 Å². The highest BCUT2D eigenvalue weighted by Gasteiger charge is 2.17. The van der Waals surface area contributed by atoms with Gasteiger partial charge in [-0.05, 0) is 13.3 Å². The fraction of sp³-hybridized carbons (Fsp3) is 0.615. The van der Waals surface area contributed by atoms with Gasteiger partial charge in [0.1, 0.15) is 6.61 Å². The van der Waals surface area contributed by atoms with Crippen molar-refractivity contribution in [3.63, 3.8) is 0 Å². The highest BCUT2D eigenvalue weighted by Crippen LogP contribution is 1.99. The number of hydrogen-bond donors (Lipinski definition) is 0. The Bertz CT molecular complexity index is 336. The lowest BCUT2D eigenvalue weighted by Crippen LogP contribution is -2.38. The number of amides is 1. The first-order chi connectivity index (χ1) is 8.40. The molecule has 0 fully saturated rings. The molecule has 0 aromatic carbocycles. The lowest BCUT2D eigenvalue weighted by molar-refractivity contribution is -0.146. The van der Waals surface area contributed by atoms with Gasteiger partial charge in [-0.1, -0.05) is 19.9 Å². The number of Topliss-reactive ketones (excluding diaryl/α,β-unsaturated/α-hetero) is 1. The molecule has 5 nitrogen and oxygen atoms in total. The van der Waals surface area contributed by atoms with E-state index in [9.17, 15) is 14.4 Å². The monoisotopic (exact) mass is 255 g/mol. The second-order valence-electron chi connectivity index (χ2n) is 4.12. The topological polar surface area (TPSA) is 63.7 Å². The minimum atomic E-state index is -0.533. The van der Waals surface area contributed by atoms with Crippen molar-refractivity contribution in [3.8, 4) is 0 Å². The van der Waals surface area contributed by atoms with Crippen molar-refractivity contribution in [2.45, 2.75) is 33.6 Å². The maximum absolute atomic E-state index is 11.6. The van der Waals surface area contributed by atoms with Crippen LogP contribution in [0.1, 0.15) is 33.6 Å². The van der Waals surface area contributed by atoms with E-state index in [4.69, 9.17) is 4.74 Å². The maximum atomic E-state index is 11.6. The Hall–Kier alpha value is -1.65. The molecule has 0 saturated heterocycles. The molecule has 0 aliphatic rings. The number of carbonyl (C=O) groups is 3. The van der Waals surface area contributed by atoms with Crippen LogP contribution < -0.4 is 0 Å². The molecule has 0 N–H and O–H groups in total. The van der Waals surface area contributed by atoms with Crippen LogP contribution in [0.5, 0.6) is 0 Å². The van der Waals surface area contributed by atoms with Gasteiger partial charge in [0, 0.05) is 19.0 Å². The zero-order valence-electron chi connectivity index (χ0n) is 11.3. The van der Waals surface area contributed by atoms with Crippen LogP contribution in [0.4, 0.5) is 0 Å². The van der Waals surface area contributed by atoms with E-state index in [2.05, 4.69) is 6.58 Å². The number of unbranched alkanes of at least 4 members (excludes halogenated alkanes) is 1. The van der Waals surface area contributed by atoms with Crippen molar-refractivity contribution in [1.29, 1.82) is 0 Å². The minimum absolute atomic E-state index is 0.0778. The molecule has 0 bridgehead atoms. The van der Waals surface area contributed by atoms with Gasteiger partial charge in [0.2, 0.25) is 5.78 Å². The number of rotatable bonds is 8. The predicted molar refractivity (Wildman–Crippen MR) is 67.9 cm³/mol. The first kappa shape index (κ1) is 16.4. The first-order valence-corrected chi connectivity index (χ1v) is 6.02. The van der Waals surface area contributed by atoms with Gasteiger partial charge >= 0.3 is 5.97 Å². The Morgan fingerprint density at radius 2 is 1.78 bits per heavy atom. The van der Waals surface area contributed by atoms with Crippen molar-refractivity contribution in [1.82, 2.24) is 4.90 Å². The molecule has 0 saturated carbocycles. The fourth-order valence-corrected chi connectivity index (χ4v) is 1.26. The molecular weight excluding hydrogens is 234 g/mol. The van der Waals surface area contributed by atoms with E-state index in [0.29, 0.717) is 12.1 Å². The molecule has 0 spiro atoms. The number of carbonyl (C=O) groups excluding carboxylic acids is 3. The molecule has 0 radical (unpaired) electrons. The molecule has 5 heteroatoms. The Morgan fingerprint density at radius 3 is 2.22 bits per heavy atom. The van der Waals surface area contributed by atoms with Crippen LogP contribution in [0, 0.1) is 0 Å². The van der Waals surface area contributed by atoms with Gasteiger partial charge in [-0.25, -0.2) is 4.79 Å². The molecule has 0 rings (SSSR count). The SMILES string of the molecule is C=C(C)C(=O)OCCN(CCCC)C(=O)C(C)=O. The zero-order chi connectivity index (χ0) is 14.1. The maximum Gasteiger partial charge on any atom is 0.333 e. The van der Waals surface area contributed by atoms with Crippen molar-refractivity contribution in [3.05, 3.63) is 12.2 Å². The Morgan fingerprint density at radius 1 is 1.17 bits per heavy atom. The number of ether oxygens (including phenoxy) is 1. The third-order valence-corrected chi connectivity index (χ3v) is 2.31. The van der Waals surface area contributed by atoms with Crippen LogP contribution in [0.2, 0.25) is 0 Å². The third-order valence-electron chi connectivity index (χ3n) is 2.31. The normalized spacial score (nSPS) is 9.72. The fourth-order valence-electron chi connectivity index (χ4n) is 1.26. The molecular formula is C13H21NO4. The number of ketones is 1. The Balaban J connectivity index is 4.24. The van der Waals surface area contributed by atoms with Crippen molar-refractivity contribution in [2.24, 2.45) is 0 Å². The zero-order valence-corrected chi connectivity index (χ0v) is 11.3. The van der Waals surface area contributed by atoms with Crippen LogP contribution in [0.25, 0.3) is 0 Å². The number of nitrogens with zero attached hydrogens (tertiary/aromatic N) is 1. The second kappa shape index (κ2) is 8.44. The predicted octanol–water partition coefficient (Wildman–Crippen LogP) is 1.32. The minimum Gasteiger partial charge on any atom is -0.460 e. The lowest BCUT2D eigenvalue weighted by Gasteiger charge is -2.20. The molecule has 0 aliphatic carbocycles. The number of esters is 1.